The normalized spacial score (nSPS) is 13.4. The van der Waals surface area contributed by atoms with E-state index in [1.807, 2.05) is 44.2 Å². The van der Waals surface area contributed by atoms with Crippen molar-refractivity contribution in [1.82, 2.24) is 0 Å². The minimum absolute atomic E-state index is 0.0818. The van der Waals surface area contributed by atoms with Gasteiger partial charge in [0.25, 0.3) is 0 Å². The maximum Gasteiger partial charge on any atom is 0.0830 e. The Hall–Kier alpha value is -1.12. The Kier molecular flexibility index (Phi) is 4.71. The van der Waals surface area contributed by atoms with Gasteiger partial charge in [-0.1, -0.05) is 50.3 Å². The highest BCUT2D eigenvalue weighted by molar-refractivity contribution is 5.13. The van der Waals surface area contributed by atoms with Crippen molar-refractivity contribution in [3.05, 3.63) is 48.6 Å². The van der Waals surface area contributed by atoms with Gasteiger partial charge in [0.15, 0.2) is 0 Å². The average Bonchev–Trinajstić information content (AvgIpc) is 2.31. The van der Waals surface area contributed by atoms with Gasteiger partial charge >= 0.3 is 0 Å². The molecule has 1 N–H and O–H groups in total. The molecule has 0 aromatic heterocycles. The van der Waals surface area contributed by atoms with Crippen LogP contribution < -0.4 is 0 Å². The van der Waals surface area contributed by atoms with E-state index in [9.17, 15) is 5.11 Å². The van der Waals surface area contributed by atoms with Gasteiger partial charge < -0.3 is 9.84 Å². The molecule has 0 aliphatic heterocycles. The quantitative estimate of drug-likeness (QED) is 0.747. The fourth-order valence-corrected chi connectivity index (χ4v) is 1.46. The van der Waals surface area contributed by atoms with Crippen LogP contribution in [-0.2, 0) is 11.3 Å². The zero-order chi connectivity index (χ0) is 12.0. The highest BCUT2D eigenvalue weighted by Gasteiger charge is 2.27. The van der Waals surface area contributed by atoms with Crippen molar-refractivity contribution in [2.24, 2.45) is 5.41 Å². The lowest BCUT2D eigenvalue weighted by Crippen LogP contribution is -2.33. The van der Waals surface area contributed by atoms with Gasteiger partial charge in [0.2, 0.25) is 0 Å². The molecule has 0 amide bonds. The molecule has 0 radical (unpaired) electrons. The molecule has 1 rings (SSSR count). The number of aliphatic hydroxyl groups is 1. The van der Waals surface area contributed by atoms with Crippen molar-refractivity contribution < 1.29 is 9.84 Å². The summed E-state index contributed by atoms with van der Waals surface area (Å²) >= 11 is 0. The third-order valence-corrected chi connectivity index (χ3v) is 2.66. The van der Waals surface area contributed by atoms with Gasteiger partial charge in [-0.15, -0.1) is 6.58 Å². The van der Waals surface area contributed by atoms with Gasteiger partial charge in [-0.2, -0.15) is 0 Å². The van der Waals surface area contributed by atoms with E-state index in [1.54, 1.807) is 6.08 Å². The SMILES string of the molecule is C=C[C@@H](OCc1ccccc1)C(C)(C)CO. The van der Waals surface area contributed by atoms with Gasteiger partial charge in [-0.05, 0) is 5.56 Å². The van der Waals surface area contributed by atoms with Crippen LogP contribution in [0.1, 0.15) is 19.4 Å². The van der Waals surface area contributed by atoms with E-state index in [1.165, 1.54) is 0 Å². The molecule has 0 bridgehead atoms. The molecule has 16 heavy (non-hydrogen) atoms. The zero-order valence-corrected chi connectivity index (χ0v) is 10.0. The first-order valence-corrected chi connectivity index (χ1v) is 5.49. The van der Waals surface area contributed by atoms with Crippen molar-refractivity contribution in [3.8, 4) is 0 Å². The fraction of sp³-hybridized carbons (Fsp3) is 0.429. The van der Waals surface area contributed by atoms with Crippen LogP contribution in [-0.4, -0.2) is 17.8 Å². The van der Waals surface area contributed by atoms with Crippen LogP contribution in [0.5, 0.6) is 0 Å². The zero-order valence-electron chi connectivity index (χ0n) is 10.0. The highest BCUT2D eigenvalue weighted by Crippen LogP contribution is 2.24. The number of hydrogen-bond donors (Lipinski definition) is 1. The lowest BCUT2D eigenvalue weighted by molar-refractivity contribution is -0.0287. The number of rotatable bonds is 6. The topological polar surface area (TPSA) is 29.5 Å². The minimum atomic E-state index is -0.295. The van der Waals surface area contributed by atoms with Crippen molar-refractivity contribution in [1.29, 1.82) is 0 Å². The highest BCUT2D eigenvalue weighted by atomic mass is 16.5. The van der Waals surface area contributed by atoms with Gasteiger partial charge in [-0.3, -0.25) is 0 Å². The molecule has 0 aliphatic carbocycles. The van der Waals surface area contributed by atoms with E-state index in [0.29, 0.717) is 6.61 Å². The molecule has 0 saturated heterocycles. The van der Waals surface area contributed by atoms with Crippen molar-refractivity contribution in [3.63, 3.8) is 0 Å². The van der Waals surface area contributed by atoms with E-state index < -0.39 is 0 Å². The molecule has 2 nitrogen and oxygen atoms in total. The first kappa shape index (κ1) is 12.9. The van der Waals surface area contributed by atoms with E-state index in [2.05, 4.69) is 6.58 Å². The summed E-state index contributed by atoms with van der Waals surface area (Å²) in [6, 6.07) is 9.99. The van der Waals surface area contributed by atoms with Crippen LogP contribution in [0.4, 0.5) is 0 Å². The van der Waals surface area contributed by atoms with Crippen LogP contribution in [0.15, 0.2) is 43.0 Å². The molecule has 0 spiro atoms. The Morgan fingerprint density at radius 3 is 2.50 bits per heavy atom. The van der Waals surface area contributed by atoms with Gasteiger partial charge in [-0.25, -0.2) is 0 Å². The lowest BCUT2D eigenvalue weighted by atomic mass is 9.87. The smallest absolute Gasteiger partial charge is 0.0830 e. The molecule has 0 heterocycles. The average molecular weight is 220 g/mol. The van der Waals surface area contributed by atoms with Crippen molar-refractivity contribution in [2.45, 2.75) is 26.6 Å². The molecule has 0 fully saturated rings. The summed E-state index contributed by atoms with van der Waals surface area (Å²) in [5.41, 5.74) is 0.833. The standard InChI is InChI=1S/C14H20O2/c1-4-13(14(2,3)11-15)16-10-12-8-6-5-7-9-12/h4-9,13,15H,1,10-11H2,2-3H3/t13-/m1/s1. The number of hydrogen-bond acceptors (Lipinski definition) is 2. The summed E-state index contributed by atoms with van der Waals surface area (Å²) in [6.07, 6.45) is 1.61. The Morgan fingerprint density at radius 1 is 1.38 bits per heavy atom. The molecule has 0 aliphatic rings. The molecule has 1 atom stereocenters. The Labute approximate surface area is 97.6 Å². The summed E-state index contributed by atoms with van der Waals surface area (Å²) < 4.78 is 5.75. The maximum atomic E-state index is 9.26. The lowest BCUT2D eigenvalue weighted by Gasteiger charge is -2.30. The second-order valence-electron chi connectivity index (χ2n) is 4.60. The monoisotopic (exact) mass is 220 g/mol. The van der Waals surface area contributed by atoms with E-state index in [-0.39, 0.29) is 18.1 Å². The first-order valence-electron chi connectivity index (χ1n) is 5.49. The van der Waals surface area contributed by atoms with Gasteiger partial charge in [0.1, 0.15) is 0 Å². The number of aliphatic hydroxyl groups excluding tert-OH is 1. The fourth-order valence-electron chi connectivity index (χ4n) is 1.46. The van der Waals surface area contributed by atoms with Gasteiger partial charge in [0, 0.05) is 5.41 Å². The van der Waals surface area contributed by atoms with Gasteiger partial charge in [0.05, 0.1) is 19.3 Å². The Balaban J connectivity index is 2.56. The molecular formula is C14H20O2. The largest absolute Gasteiger partial charge is 0.396 e. The van der Waals surface area contributed by atoms with Crippen LogP contribution in [0.25, 0.3) is 0 Å². The number of ether oxygens (including phenoxy) is 1. The summed E-state index contributed by atoms with van der Waals surface area (Å²) in [6.45, 7) is 8.30. The van der Waals surface area contributed by atoms with Crippen LogP contribution in [0.2, 0.25) is 0 Å². The molecule has 1 aromatic rings. The predicted molar refractivity (Wildman–Crippen MR) is 66.1 cm³/mol. The van der Waals surface area contributed by atoms with Crippen LogP contribution in [0.3, 0.4) is 0 Å². The minimum Gasteiger partial charge on any atom is -0.396 e. The Bertz CT molecular complexity index is 317. The second kappa shape index (κ2) is 5.83. The molecular weight excluding hydrogens is 200 g/mol. The maximum absolute atomic E-state index is 9.26. The molecule has 0 saturated carbocycles. The summed E-state index contributed by atoms with van der Waals surface area (Å²) in [7, 11) is 0. The van der Waals surface area contributed by atoms with Crippen LogP contribution in [0, 0.1) is 5.41 Å². The predicted octanol–water partition coefficient (Wildman–Crippen LogP) is 2.78. The van der Waals surface area contributed by atoms with Crippen LogP contribution >= 0.6 is 0 Å². The number of benzene rings is 1. The van der Waals surface area contributed by atoms with E-state index >= 15 is 0 Å². The molecule has 0 unspecified atom stereocenters. The molecule has 1 aromatic carbocycles. The third kappa shape index (κ3) is 3.47. The summed E-state index contributed by atoms with van der Waals surface area (Å²) in [4.78, 5) is 0. The first-order chi connectivity index (χ1) is 7.60. The van der Waals surface area contributed by atoms with Crippen molar-refractivity contribution in [2.75, 3.05) is 6.61 Å². The van der Waals surface area contributed by atoms with E-state index in [4.69, 9.17) is 4.74 Å². The molecule has 88 valence electrons. The molecule has 2 heteroatoms. The summed E-state index contributed by atoms with van der Waals surface area (Å²) in [5, 5.41) is 9.26. The summed E-state index contributed by atoms with van der Waals surface area (Å²) in [5.74, 6) is 0. The Morgan fingerprint density at radius 2 is 2.00 bits per heavy atom. The second-order valence-corrected chi connectivity index (χ2v) is 4.60. The van der Waals surface area contributed by atoms with Crippen molar-refractivity contribution >= 4 is 0 Å². The van der Waals surface area contributed by atoms with E-state index in [0.717, 1.165) is 5.56 Å². The third-order valence-electron chi connectivity index (χ3n) is 2.66.